The highest BCUT2D eigenvalue weighted by molar-refractivity contribution is 6.30. The van der Waals surface area contributed by atoms with Crippen LogP contribution in [0.15, 0.2) is 129 Å². The highest BCUT2D eigenvalue weighted by Gasteiger charge is 2.24. The predicted octanol–water partition coefficient (Wildman–Crippen LogP) is 18.3. The van der Waals surface area contributed by atoms with E-state index in [2.05, 4.69) is 161 Å². The first kappa shape index (κ1) is 63.4. The van der Waals surface area contributed by atoms with Crippen molar-refractivity contribution in [1.29, 1.82) is 0 Å². The third-order valence-corrected chi connectivity index (χ3v) is 11.7. The molecule has 0 radical (unpaired) electrons. The Hall–Kier alpha value is -6.68. The average Bonchev–Trinajstić information content (AvgIpc) is 4.24. The van der Waals surface area contributed by atoms with E-state index in [4.69, 9.17) is 24.6 Å². The Morgan fingerprint density at radius 1 is 0.459 bits per heavy atom. The second kappa shape index (κ2) is 33.9. The van der Waals surface area contributed by atoms with Crippen molar-refractivity contribution in [1.82, 2.24) is 34.9 Å². The van der Waals surface area contributed by atoms with Gasteiger partial charge in [-0.25, -0.2) is 9.24 Å². The van der Waals surface area contributed by atoms with Crippen molar-refractivity contribution in [3.05, 3.63) is 213 Å². The van der Waals surface area contributed by atoms with Crippen LogP contribution in [-0.2, 0) is 0 Å². The van der Waals surface area contributed by atoms with E-state index in [0.29, 0.717) is 52.1 Å². The Balaban J connectivity index is 0.000000296. The van der Waals surface area contributed by atoms with Crippen molar-refractivity contribution in [3.8, 4) is 12.3 Å². The lowest BCUT2D eigenvalue weighted by atomic mass is 10.0. The molecule has 7 aromatic heterocycles. The molecule has 7 aromatic rings. The molecule has 10 heteroatoms. The first-order chi connectivity index (χ1) is 35.0. The van der Waals surface area contributed by atoms with E-state index < -0.39 is 0 Å². The molecule has 1 aliphatic rings. The molecule has 0 amide bonds. The van der Waals surface area contributed by atoms with E-state index in [9.17, 15) is 4.39 Å². The monoisotopic (exact) mass is 1020 g/mol. The lowest BCUT2D eigenvalue weighted by molar-refractivity contribution is 0.616. The van der Waals surface area contributed by atoms with Gasteiger partial charge >= 0.3 is 0 Å². The molecule has 7 heterocycles. The van der Waals surface area contributed by atoms with E-state index in [1.54, 1.807) is 31.0 Å². The summed E-state index contributed by atoms with van der Waals surface area (Å²) in [5.74, 6) is 6.72. The summed E-state index contributed by atoms with van der Waals surface area (Å²) in [5, 5.41) is 0.714. The molecular weight excluding hydrogens is 935 g/mol. The number of aromatic nitrogens is 7. The maximum absolute atomic E-state index is 12.5. The fourth-order valence-electron chi connectivity index (χ4n) is 6.38. The molecule has 0 aliphatic heterocycles. The van der Waals surface area contributed by atoms with Gasteiger partial charge in [-0.3, -0.25) is 34.9 Å². The maximum Gasteiger partial charge on any atom is 0.205 e. The summed E-state index contributed by atoms with van der Waals surface area (Å²) in [6.07, 6.45) is 32.9. The summed E-state index contributed by atoms with van der Waals surface area (Å²) in [6.45, 7) is 40.7. The summed E-state index contributed by atoms with van der Waals surface area (Å²) >= 11 is 5.73. The molecule has 0 spiro atoms. The quantitative estimate of drug-likeness (QED) is 0.111. The van der Waals surface area contributed by atoms with Crippen molar-refractivity contribution < 1.29 is 4.39 Å². The molecule has 392 valence electrons. The lowest BCUT2D eigenvalue weighted by Gasteiger charge is -2.05. The van der Waals surface area contributed by atoms with Crippen LogP contribution >= 0.6 is 11.6 Å². The molecule has 8 rings (SSSR count). The number of hydrogen-bond acceptors (Lipinski definition) is 7. The van der Waals surface area contributed by atoms with Crippen LogP contribution in [-0.4, -0.2) is 34.9 Å². The van der Waals surface area contributed by atoms with Crippen LogP contribution in [0.3, 0.4) is 0 Å². The van der Waals surface area contributed by atoms with Crippen molar-refractivity contribution >= 4 is 17.3 Å². The Bertz CT molecular complexity index is 2510. The molecule has 0 aromatic carbocycles. The second-order valence-corrected chi connectivity index (χ2v) is 21.0. The van der Waals surface area contributed by atoms with Gasteiger partial charge in [0.15, 0.2) is 0 Å². The average molecular weight is 1020 g/mol. The third-order valence-electron chi connectivity index (χ3n) is 11.5. The fraction of sp³-hybridized carbons (Fsp3) is 0.406. The number of rotatable bonds is 8. The van der Waals surface area contributed by atoms with Gasteiger partial charge in [-0.05, 0) is 154 Å². The topological polar surface area (TPSA) is 94.6 Å². The van der Waals surface area contributed by atoms with E-state index >= 15 is 0 Å². The van der Waals surface area contributed by atoms with E-state index in [-0.39, 0.29) is 5.82 Å². The van der Waals surface area contributed by atoms with Crippen LogP contribution in [0, 0.1) is 38.6 Å². The molecule has 0 bridgehead atoms. The maximum atomic E-state index is 12.5. The van der Waals surface area contributed by atoms with Gasteiger partial charge in [0, 0.05) is 86.1 Å². The minimum Gasteiger partial charge on any atom is -0.276 e. The van der Waals surface area contributed by atoms with E-state index in [1.807, 2.05) is 81.6 Å². The summed E-state index contributed by atoms with van der Waals surface area (Å²) in [6, 6.07) is 14.0. The number of nitrogens with zero attached hydrogens (tertiary/aromatic N) is 8. The van der Waals surface area contributed by atoms with Crippen LogP contribution in [0.5, 0.6) is 0 Å². The minimum atomic E-state index is -0.258. The Labute approximate surface area is 450 Å². The third kappa shape index (κ3) is 25.8. The number of aryl methyl sites for hydroxylation is 2. The molecule has 1 fully saturated rings. The van der Waals surface area contributed by atoms with Gasteiger partial charge in [-0.1, -0.05) is 133 Å². The van der Waals surface area contributed by atoms with Crippen molar-refractivity contribution in [3.63, 3.8) is 0 Å². The predicted molar refractivity (Wildman–Crippen MR) is 309 cm³/mol. The molecule has 1 saturated carbocycles. The smallest absolute Gasteiger partial charge is 0.205 e. The van der Waals surface area contributed by atoms with Gasteiger partial charge < -0.3 is 0 Å². The molecule has 0 unspecified atom stereocenters. The van der Waals surface area contributed by atoms with Crippen LogP contribution in [0.1, 0.15) is 218 Å². The zero-order valence-electron chi connectivity index (χ0n) is 47.1. The summed E-state index contributed by atoms with van der Waals surface area (Å²) in [7, 11) is 0. The van der Waals surface area contributed by atoms with Gasteiger partial charge in [0.2, 0.25) is 5.69 Å². The van der Waals surface area contributed by atoms with Crippen LogP contribution < -0.4 is 0 Å². The number of terminal acetylenes is 1. The Morgan fingerprint density at radius 2 is 0.811 bits per heavy atom. The van der Waals surface area contributed by atoms with Gasteiger partial charge in [0.1, 0.15) is 5.82 Å². The minimum absolute atomic E-state index is 0.258. The molecular formula is C64H82ClFN8. The second-order valence-electron chi connectivity index (χ2n) is 20.6. The first-order valence-corrected chi connectivity index (χ1v) is 26.1. The lowest BCUT2D eigenvalue weighted by Crippen LogP contribution is -1.91. The fourth-order valence-corrected chi connectivity index (χ4v) is 6.56. The summed E-state index contributed by atoms with van der Waals surface area (Å²) in [4.78, 5) is 31.5. The summed E-state index contributed by atoms with van der Waals surface area (Å²) in [5.41, 5.74) is 13.9. The van der Waals surface area contributed by atoms with E-state index in [0.717, 1.165) is 22.6 Å². The zero-order valence-corrected chi connectivity index (χ0v) is 47.8. The Kier molecular flexibility index (Phi) is 29.1. The molecule has 1 aliphatic carbocycles. The van der Waals surface area contributed by atoms with Crippen molar-refractivity contribution in [2.75, 3.05) is 0 Å². The SMILES string of the molecule is C#Cc1cncc(C(C)C)c1.CC(C)c1cncc(C2CC2)c1.CC(C)c1cncc(Cl)c1.CC(C)c1cncc(F)c1.Cc1cncc(C(C)C)c1.Cc1cncc(C(C)C)c1.[C-]#[N+]c1cncc(C(C)C)c1. The summed E-state index contributed by atoms with van der Waals surface area (Å²) < 4.78 is 12.5. The number of halogens is 2. The van der Waals surface area contributed by atoms with Crippen LogP contribution in [0.4, 0.5) is 10.1 Å². The molecule has 0 atom stereocenters. The highest BCUT2D eigenvalue weighted by Crippen LogP contribution is 2.40. The van der Waals surface area contributed by atoms with Gasteiger partial charge in [0.25, 0.3) is 0 Å². The zero-order chi connectivity index (χ0) is 55.3. The normalized spacial score (nSPS) is 11.2. The van der Waals surface area contributed by atoms with Gasteiger partial charge in [0.05, 0.1) is 17.8 Å². The van der Waals surface area contributed by atoms with Crippen LogP contribution in [0.25, 0.3) is 4.85 Å². The first-order valence-electron chi connectivity index (χ1n) is 25.8. The van der Waals surface area contributed by atoms with Gasteiger partial charge in [-0.2, -0.15) is 0 Å². The molecule has 8 nitrogen and oxygen atoms in total. The van der Waals surface area contributed by atoms with Crippen molar-refractivity contribution in [2.45, 2.75) is 171 Å². The number of pyridine rings is 7. The van der Waals surface area contributed by atoms with Gasteiger partial charge in [-0.15, -0.1) is 6.42 Å². The standard InChI is InChI=1S/C11H15N.C10H11N.C9H10N2.2C9H13N.C8H10ClN.C8H10FN/c1-8(2)10-5-11(7-12-6-10)9-3-4-9;1-4-9-5-10(8(2)3)7-11-6-9;1-7(2)8-4-9(10-3)6-11-5-8;2*1-7(2)9-4-8(3)5-10-6-9;2*1-6(2)7-3-8(9)5-10-4-7/h5-9H,3-4H2,1-2H3;1,5-8H,2-3H3;4-7H,1-2H3;2*4-7H,1-3H3;2*3-6H,1-2H3. The molecule has 0 saturated heterocycles. The molecule has 74 heavy (non-hydrogen) atoms. The highest BCUT2D eigenvalue weighted by atomic mass is 35.5. The van der Waals surface area contributed by atoms with E-state index in [1.165, 1.54) is 69.6 Å². The van der Waals surface area contributed by atoms with Crippen LogP contribution in [0.2, 0.25) is 5.02 Å². The largest absolute Gasteiger partial charge is 0.276 e. The Morgan fingerprint density at radius 3 is 1.16 bits per heavy atom. The van der Waals surface area contributed by atoms with Crippen molar-refractivity contribution in [2.24, 2.45) is 0 Å². The molecule has 0 N–H and O–H groups in total. The number of hydrogen-bond donors (Lipinski definition) is 0.